The SMILES string of the molecule is CC1C/C=C\c2cc3c(cc2CC1)CCCC(S)/C=C\3. The second kappa shape index (κ2) is 6.22. The van der Waals surface area contributed by atoms with Gasteiger partial charge in [-0.3, -0.25) is 0 Å². The van der Waals surface area contributed by atoms with Crippen molar-refractivity contribution >= 4 is 24.8 Å². The van der Waals surface area contributed by atoms with E-state index in [-0.39, 0.29) is 0 Å². The minimum absolute atomic E-state index is 0.418. The first-order chi connectivity index (χ1) is 9.72. The lowest BCUT2D eigenvalue weighted by molar-refractivity contribution is 0.538. The van der Waals surface area contributed by atoms with Gasteiger partial charge in [0, 0.05) is 5.25 Å². The number of hydrogen-bond donors (Lipinski definition) is 1. The van der Waals surface area contributed by atoms with Crippen molar-refractivity contribution in [2.75, 3.05) is 0 Å². The van der Waals surface area contributed by atoms with E-state index in [0.717, 1.165) is 5.92 Å². The Morgan fingerprint density at radius 3 is 2.70 bits per heavy atom. The van der Waals surface area contributed by atoms with Crippen molar-refractivity contribution in [2.24, 2.45) is 5.92 Å². The Kier molecular flexibility index (Phi) is 4.35. The topological polar surface area (TPSA) is 0 Å². The van der Waals surface area contributed by atoms with Gasteiger partial charge in [0.15, 0.2) is 0 Å². The molecule has 2 atom stereocenters. The molecule has 0 nitrogen and oxygen atoms in total. The van der Waals surface area contributed by atoms with Crippen molar-refractivity contribution in [3.8, 4) is 0 Å². The fourth-order valence-corrected chi connectivity index (χ4v) is 3.50. The fourth-order valence-electron chi connectivity index (χ4n) is 3.23. The molecule has 0 saturated heterocycles. The average Bonchev–Trinajstić information content (AvgIpc) is 2.40. The average molecular weight is 284 g/mol. The number of thiol groups is 1. The third kappa shape index (κ3) is 3.20. The van der Waals surface area contributed by atoms with Crippen molar-refractivity contribution in [2.45, 2.75) is 50.7 Å². The van der Waals surface area contributed by atoms with Crippen LogP contribution in [0.4, 0.5) is 0 Å². The summed E-state index contributed by atoms with van der Waals surface area (Å²) in [7, 11) is 0. The molecule has 2 aliphatic rings. The van der Waals surface area contributed by atoms with Gasteiger partial charge in [0.25, 0.3) is 0 Å². The third-order valence-electron chi connectivity index (χ3n) is 4.59. The summed E-state index contributed by atoms with van der Waals surface area (Å²) in [5, 5.41) is 0.418. The van der Waals surface area contributed by atoms with E-state index in [1.165, 1.54) is 55.2 Å². The van der Waals surface area contributed by atoms with E-state index >= 15 is 0 Å². The minimum atomic E-state index is 0.418. The highest BCUT2D eigenvalue weighted by Crippen LogP contribution is 2.28. The number of aryl methyl sites for hydroxylation is 2. The Morgan fingerprint density at radius 2 is 1.80 bits per heavy atom. The molecule has 0 aromatic heterocycles. The summed E-state index contributed by atoms with van der Waals surface area (Å²) < 4.78 is 0. The van der Waals surface area contributed by atoms with Gasteiger partial charge in [0.2, 0.25) is 0 Å². The molecular formula is C19H24S. The zero-order valence-corrected chi connectivity index (χ0v) is 13.2. The molecule has 0 N–H and O–H groups in total. The minimum Gasteiger partial charge on any atom is -0.172 e. The van der Waals surface area contributed by atoms with Crippen LogP contribution in [0.25, 0.3) is 12.2 Å². The zero-order chi connectivity index (χ0) is 13.9. The van der Waals surface area contributed by atoms with Crippen molar-refractivity contribution in [1.82, 2.24) is 0 Å². The summed E-state index contributed by atoms with van der Waals surface area (Å²) in [6.07, 6.45) is 16.6. The molecule has 3 rings (SSSR count). The highest BCUT2D eigenvalue weighted by atomic mass is 32.1. The first kappa shape index (κ1) is 14.0. The number of hydrogen-bond acceptors (Lipinski definition) is 1. The van der Waals surface area contributed by atoms with Crippen LogP contribution in [0.3, 0.4) is 0 Å². The molecule has 106 valence electrons. The highest BCUT2D eigenvalue weighted by Gasteiger charge is 2.13. The van der Waals surface area contributed by atoms with Crippen LogP contribution >= 0.6 is 12.6 Å². The Labute approximate surface area is 128 Å². The molecule has 0 spiro atoms. The zero-order valence-electron chi connectivity index (χ0n) is 12.3. The Morgan fingerprint density at radius 1 is 1.00 bits per heavy atom. The molecule has 0 aliphatic heterocycles. The first-order valence-electron chi connectivity index (χ1n) is 7.91. The molecule has 0 saturated carbocycles. The van der Waals surface area contributed by atoms with E-state index in [4.69, 9.17) is 0 Å². The fraction of sp³-hybridized carbons (Fsp3) is 0.474. The van der Waals surface area contributed by atoms with Crippen LogP contribution in [0.15, 0.2) is 24.3 Å². The van der Waals surface area contributed by atoms with E-state index in [1.807, 2.05) is 0 Å². The van der Waals surface area contributed by atoms with Crippen molar-refractivity contribution in [3.05, 3.63) is 46.5 Å². The van der Waals surface area contributed by atoms with E-state index in [1.54, 1.807) is 5.56 Å². The summed E-state index contributed by atoms with van der Waals surface area (Å²) in [6, 6.07) is 4.86. The van der Waals surface area contributed by atoms with Crippen molar-refractivity contribution in [1.29, 1.82) is 0 Å². The Balaban J connectivity index is 2.00. The van der Waals surface area contributed by atoms with E-state index < -0.39 is 0 Å². The second-order valence-electron chi connectivity index (χ2n) is 6.35. The van der Waals surface area contributed by atoms with Crippen molar-refractivity contribution in [3.63, 3.8) is 0 Å². The quantitative estimate of drug-likeness (QED) is 0.612. The van der Waals surface area contributed by atoms with Gasteiger partial charge in [0.05, 0.1) is 0 Å². The molecule has 0 amide bonds. The summed E-state index contributed by atoms with van der Waals surface area (Å²) in [6.45, 7) is 2.36. The largest absolute Gasteiger partial charge is 0.172 e. The predicted octanol–water partition coefficient (Wildman–Crippen LogP) is 5.32. The summed E-state index contributed by atoms with van der Waals surface area (Å²) >= 11 is 4.61. The lowest BCUT2D eigenvalue weighted by atomic mass is 9.87. The Hall–Kier alpha value is -0.950. The van der Waals surface area contributed by atoms with Crippen molar-refractivity contribution < 1.29 is 0 Å². The lowest BCUT2D eigenvalue weighted by Crippen LogP contribution is -2.05. The molecule has 2 unspecified atom stereocenters. The number of allylic oxidation sites excluding steroid dienone is 1. The predicted molar refractivity (Wildman–Crippen MR) is 92.3 cm³/mol. The number of rotatable bonds is 0. The number of benzene rings is 1. The van der Waals surface area contributed by atoms with E-state index in [0.29, 0.717) is 5.25 Å². The number of fused-ring (bicyclic) bond motifs is 2. The Bertz CT molecular complexity index is 539. The van der Waals surface area contributed by atoms with Crippen LogP contribution in [0.2, 0.25) is 0 Å². The maximum absolute atomic E-state index is 4.61. The molecule has 0 radical (unpaired) electrons. The molecular weight excluding hydrogens is 260 g/mol. The van der Waals surface area contributed by atoms with Gasteiger partial charge in [-0.15, -0.1) is 0 Å². The molecule has 20 heavy (non-hydrogen) atoms. The van der Waals surface area contributed by atoms with Gasteiger partial charge in [-0.2, -0.15) is 12.6 Å². The van der Waals surface area contributed by atoms with E-state index in [2.05, 4.69) is 56.0 Å². The van der Waals surface area contributed by atoms with Gasteiger partial charge in [0.1, 0.15) is 0 Å². The highest BCUT2D eigenvalue weighted by molar-refractivity contribution is 7.81. The standard InChI is InChI=1S/C19H24S/c1-14-4-2-5-15-13-18-10-11-19(20)7-3-6-16(18)12-17(15)9-8-14/h2,5,10-14,19-20H,3-4,6-9H2,1H3/b5-2-,11-10-. The third-order valence-corrected chi connectivity index (χ3v) is 5.02. The van der Waals surface area contributed by atoms with Gasteiger partial charge in [-0.25, -0.2) is 0 Å². The van der Waals surface area contributed by atoms with Crippen LogP contribution < -0.4 is 0 Å². The van der Waals surface area contributed by atoms with Crippen LogP contribution in [-0.4, -0.2) is 5.25 Å². The molecule has 0 heterocycles. The van der Waals surface area contributed by atoms with Crippen LogP contribution in [0, 0.1) is 5.92 Å². The molecule has 2 aliphatic carbocycles. The maximum atomic E-state index is 4.61. The van der Waals surface area contributed by atoms with Gasteiger partial charge >= 0.3 is 0 Å². The monoisotopic (exact) mass is 284 g/mol. The molecule has 0 bridgehead atoms. The smallest absolute Gasteiger partial charge is 0.0200 e. The lowest BCUT2D eigenvalue weighted by Gasteiger charge is -2.19. The summed E-state index contributed by atoms with van der Waals surface area (Å²) in [5.41, 5.74) is 5.90. The molecule has 1 heteroatoms. The second-order valence-corrected chi connectivity index (χ2v) is 7.01. The molecule has 1 aromatic rings. The van der Waals surface area contributed by atoms with Crippen LogP contribution in [-0.2, 0) is 12.8 Å². The normalized spacial score (nSPS) is 29.1. The van der Waals surface area contributed by atoms with Gasteiger partial charge in [-0.1, -0.05) is 37.3 Å². The molecule has 1 aromatic carbocycles. The van der Waals surface area contributed by atoms with Gasteiger partial charge in [-0.05, 0) is 72.8 Å². The maximum Gasteiger partial charge on any atom is 0.0200 e. The van der Waals surface area contributed by atoms with Gasteiger partial charge < -0.3 is 0 Å². The summed E-state index contributed by atoms with van der Waals surface area (Å²) in [4.78, 5) is 0. The first-order valence-corrected chi connectivity index (χ1v) is 8.42. The van der Waals surface area contributed by atoms with Crippen LogP contribution in [0.5, 0.6) is 0 Å². The van der Waals surface area contributed by atoms with Crippen LogP contribution in [0.1, 0.15) is 54.9 Å². The molecule has 0 fully saturated rings. The van der Waals surface area contributed by atoms with E-state index in [9.17, 15) is 0 Å². The summed E-state index contributed by atoms with van der Waals surface area (Å²) in [5.74, 6) is 0.811.